The molecule has 6 nitrogen and oxygen atoms in total. The molecule has 0 aliphatic rings. The van der Waals surface area contributed by atoms with Crippen molar-refractivity contribution in [3.8, 4) is 0 Å². The maximum absolute atomic E-state index is 12.5. The van der Waals surface area contributed by atoms with Gasteiger partial charge in [-0.3, -0.25) is 14.4 Å². The lowest BCUT2D eigenvalue weighted by Crippen LogP contribution is -2.40. The van der Waals surface area contributed by atoms with Crippen LogP contribution in [0.3, 0.4) is 0 Å². The first-order chi connectivity index (χ1) is 13.5. The predicted octanol–water partition coefficient (Wildman–Crippen LogP) is 4.29. The van der Waals surface area contributed by atoms with Crippen LogP contribution < -0.4 is 16.0 Å². The van der Waals surface area contributed by atoms with Crippen molar-refractivity contribution in [3.05, 3.63) is 54.1 Å². The van der Waals surface area contributed by atoms with Crippen LogP contribution in [0.2, 0.25) is 0 Å². The van der Waals surface area contributed by atoms with Crippen LogP contribution in [0.4, 0.5) is 11.4 Å². The molecular formula is C22H27N3O3S. The van der Waals surface area contributed by atoms with E-state index < -0.39 is 0 Å². The van der Waals surface area contributed by atoms with Crippen LogP contribution >= 0.6 is 11.8 Å². The molecule has 2 aromatic rings. The molecule has 3 amide bonds. The van der Waals surface area contributed by atoms with Crippen LogP contribution in [0.25, 0.3) is 0 Å². The second kappa shape index (κ2) is 9.60. The van der Waals surface area contributed by atoms with E-state index in [1.807, 2.05) is 39.8 Å². The van der Waals surface area contributed by atoms with Crippen molar-refractivity contribution in [1.29, 1.82) is 0 Å². The van der Waals surface area contributed by atoms with Crippen molar-refractivity contribution in [2.24, 2.45) is 0 Å². The Labute approximate surface area is 175 Å². The summed E-state index contributed by atoms with van der Waals surface area (Å²) in [5.41, 5.74) is 1.58. The highest BCUT2D eigenvalue weighted by molar-refractivity contribution is 8.00. The summed E-state index contributed by atoms with van der Waals surface area (Å²) in [7, 11) is 0. The maximum atomic E-state index is 12.5. The summed E-state index contributed by atoms with van der Waals surface area (Å²) in [5, 5.41) is 8.16. The molecule has 0 heterocycles. The Morgan fingerprint density at radius 3 is 1.90 bits per heavy atom. The Kier molecular flexibility index (Phi) is 7.45. The first-order valence-corrected chi connectivity index (χ1v) is 10.2. The highest BCUT2D eigenvalue weighted by Crippen LogP contribution is 2.25. The fourth-order valence-corrected chi connectivity index (χ4v) is 3.31. The average molecular weight is 414 g/mol. The van der Waals surface area contributed by atoms with E-state index in [0.717, 1.165) is 10.6 Å². The average Bonchev–Trinajstić information content (AvgIpc) is 2.62. The van der Waals surface area contributed by atoms with E-state index in [1.54, 1.807) is 36.4 Å². The summed E-state index contributed by atoms with van der Waals surface area (Å²) in [6, 6.07) is 14.1. The Bertz CT molecular complexity index is 872. The molecule has 0 spiro atoms. The Morgan fingerprint density at radius 1 is 0.862 bits per heavy atom. The number of hydrogen-bond donors (Lipinski definition) is 3. The third-order valence-corrected chi connectivity index (χ3v) is 4.87. The van der Waals surface area contributed by atoms with Crippen molar-refractivity contribution < 1.29 is 14.4 Å². The molecule has 154 valence electrons. The molecule has 0 fully saturated rings. The van der Waals surface area contributed by atoms with E-state index in [4.69, 9.17) is 0 Å². The molecule has 0 saturated carbocycles. The van der Waals surface area contributed by atoms with E-state index in [2.05, 4.69) is 16.0 Å². The number of carbonyl (C=O) groups excluding carboxylic acids is 3. The van der Waals surface area contributed by atoms with E-state index in [-0.39, 0.29) is 28.5 Å². The summed E-state index contributed by atoms with van der Waals surface area (Å²) in [6.07, 6.45) is 0. The van der Waals surface area contributed by atoms with Gasteiger partial charge in [-0.1, -0.05) is 0 Å². The van der Waals surface area contributed by atoms with Gasteiger partial charge >= 0.3 is 0 Å². The van der Waals surface area contributed by atoms with Gasteiger partial charge in [-0.2, -0.15) is 0 Å². The largest absolute Gasteiger partial charge is 0.347 e. The normalized spacial score (nSPS) is 12.0. The second-order valence-electron chi connectivity index (χ2n) is 7.74. The summed E-state index contributed by atoms with van der Waals surface area (Å²) in [6.45, 7) is 9.05. The van der Waals surface area contributed by atoms with Gasteiger partial charge in [0.05, 0.1) is 5.25 Å². The highest BCUT2D eigenvalue weighted by Gasteiger charge is 2.17. The minimum absolute atomic E-state index is 0.125. The number of benzene rings is 2. The van der Waals surface area contributed by atoms with Gasteiger partial charge in [0.25, 0.3) is 5.91 Å². The van der Waals surface area contributed by atoms with Crippen LogP contribution in [-0.4, -0.2) is 28.5 Å². The van der Waals surface area contributed by atoms with Crippen molar-refractivity contribution in [2.75, 3.05) is 10.6 Å². The maximum Gasteiger partial charge on any atom is 0.251 e. The first kappa shape index (κ1) is 22.5. The molecule has 0 aliphatic heterocycles. The first-order valence-electron chi connectivity index (χ1n) is 9.31. The number of rotatable bonds is 6. The van der Waals surface area contributed by atoms with Gasteiger partial charge in [0.1, 0.15) is 0 Å². The van der Waals surface area contributed by atoms with Crippen LogP contribution in [0.1, 0.15) is 45.0 Å². The van der Waals surface area contributed by atoms with Crippen molar-refractivity contribution in [1.82, 2.24) is 5.32 Å². The molecule has 1 unspecified atom stereocenters. The molecule has 0 saturated heterocycles. The molecule has 0 aromatic heterocycles. The summed E-state index contributed by atoms with van der Waals surface area (Å²) in [4.78, 5) is 36.6. The summed E-state index contributed by atoms with van der Waals surface area (Å²) < 4.78 is 0. The fourth-order valence-electron chi connectivity index (χ4n) is 2.44. The predicted molar refractivity (Wildman–Crippen MR) is 118 cm³/mol. The topological polar surface area (TPSA) is 87.3 Å². The SMILES string of the molecule is CC(=O)Nc1ccc(SC(C)C(=O)Nc2ccc(C(=O)NC(C)(C)C)cc2)cc1. The van der Waals surface area contributed by atoms with E-state index >= 15 is 0 Å². The molecular weight excluding hydrogens is 386 g/mol. The molecule has 0 aliphatic carbocycles. The van der Waals surface area contributed by atoms with E-state index in [9.17, 15) is 14.4 Å². The number of carbonyl (C=O) groups is 3. The smallest absolute Gasteiger partial charge is 0.251 e. The lowest BCUT2D eigenvalue weighted by atomic mass is 10.1. The zero-order valence-electron chi connectivity index (χ0n) is 17.3. The van der Waals surface area contributed by atoms with Crippen LogP contribution in [0, 0.1) is 0 Å². The van der Waals surface area contributed by atoms with Gasteiger partial charge in [0.15, 0.2) is 0 Å². The van der Waals surface area contributed by atoms with Crippen LogP contribution in [0.5, 0.6) is 0 Å². The van der Waals surface area contributed by atoms with Crippen molar-refractivity contribution in [3.63, 3.8) is 0 Å². The zero-order valence-corrected chi connectivity index (χ0v) is 18.1. The third-order valence-electron chi connectivity index (χ3n) is 3.76. The third kappa shape index (κ3) is 7.62. The van der Waals surface area contributed by atoms with Crippen molar-refractivity contribution >= 4 is 40.9 Å². The minimum atomic E-state index is -0.314. The molecule has 2 rings (SSSR count). The standard InChI is InChI=1S/C22H27N3O3S/c1-14(29-19-12-10-17(11-13-19)23-15(2)26)20(27)24-18-8-6-16(7-9-18)21(28)25-22(3,4)5/h6-14H,1-5H3,(H,23,26)(H,24,27)(H,25,28). The van der Waals surface area contributed by atoms with Gasteiger partial charge in [-0.25, -0.2) is 0 Å². The van der Waals surface area contributed by atoms with Gasteiger partial charge in [-0.15, -0.1) is 11.8 Å². The molecule has 1 atom stereocenters. The molecule has 7 heteroatoms. The van der Waals surface area contributed by atoms with Crippen LogP contribution in [0.15, 0.2) is 53.4 Å². The fraction of sp³-hybridized carbons (Fsp3) is 0.318. The van der Waals surface area contributed by atoms with Gasteiger partial charge in [0.2, 0.25) is 11.8 Å². The Balaban J connectivity index is 1.92. The number of thioether (sulfide) groups is 1. The molecule has 0 bridgehead atoms. The van der Waals surface area contributed by atoms with E-state index in [1.165, 1.54) is 18.7 Å². The number of nitrogens with one attached hydrogen (secondary N) is 3. The van der Waals surface area contributed by atoms with Crippen molar-refractivity contribution in [2.45, 2.75) is 50.3 Å². The second-order valence-corrected chi connectivity index (χ2v) is 9.15. The van der Waals surface area contributed by atoms with E-state index in [0.29, 0.717) is 11.3 Å². The number of amides is 3. The minimum Gasteiger partial charge on any atom is -0.347 e. The zero-order chi connectivity index (χ0) is 21.6. The van der Waals surface area contributed by atoms with Gasteiger partial charge < -0.3 is 16.0 Å². The quantitative estimate of drug-likeness (QED) is 0.617. The molecule has 0 radical (unpaired) electrons. The van der Waals surface area contributed by atoms with Crippen LogP contribution in [-0.2, 0) is 9.59 Å². The Hall–Kier alpha value is -2.80. The summed E-state index contributed by atoms with van der Waals surface area (Å²) >= 11 is 1.42. The molecule has 2 aromatic carbocycles. The molecule has 3 N–H and O–H groups in total. The Morgan fingerprint density at radius 2 is 1.38 bits per heavy atom. The number of hydrogen-bond acceptors (Lipinski definition) is 4. The monoisotopic (exact) mass is 413 g/mol. The lowest BCUT2D eigenvalue weighted by molar-refractivity contribution is -0.115. The van der Waals surface area contributed by atoms with Gasteiger partial charge in [-0.05, 0) is 76.2 Å². The lowest BCUT2D eigenvalue weighted by Gasteiger charge is -2.20. The highest BCUT2D eigenvalue weighted by atomic mass is 32.2. The number of anilines is 2. The van der Waals surface area contributed by atoms with Gasteiger partial charge in [0, 0.05) is 34.3 Å². The summed E-state index contributed by atoms with van der Waals surface area (Å²) in [5.74, 6) is -0.408. The molecule has 29 heavy (non-hydrogen) atoms.